The maximum Gasteiger partial charge on any atom is 0.0964 e. The molecule has 0 saturated heterocycles. The van der Waals surface area contributed by atoms with Crippen molar-refractivity contribution in [3.8, 4) is 0 Å². The first kappa shape index (κ1) is 12.6. The van der Waals surface area contributed by atoms with Crippen LogP contribution in [0.15, 0.2) is 24.8 Å². The molecule has 2 heterocycles. The lowest BCUT2D eigenvalue weighted by Crippen LogP contribution is -2.19. The third-order valence-corrected chi connectivity index (χ3v) is 2.39. The van der Waals surface area contributed by atoms with Crippen molar-refractivity contribution in [2.75, 3.05) is 6.54 Å². The molecule has 0 bridgehead atoms. The lowest BCUT2D eigenvalue weighted by atomic mass is 10.2. The standard InChI is InChI=1S/C12H18N6/c1-10(2)5-14-7-12-9-18(17-16-12)8-11-6-13-3-4-15-11/h3-4,6,9-10,14H,5,7-8H2,1-2H3. The summed E-state index contributed by atoms with van der Waals surface area (Å²) in [6.45, 7) is 6.69. The molecule has 0 fully saturated rings. The average Bonchev–Trinajstić information content (AvgIpc) is 2.78. The van der Waals surface area contributed by atoms with Crippen LogP contribution in [0.2, 0.25) is 0 Å². The van der Waals surface area contributed by atoms with Gasteiger partial charge in [-0.15, -0.1) is 5.10 Å². The first-order chi connectivity index (χ1) is 8.74. The van der Waals surface area contributed by atoms with Gasteiger partial charge in [0.15, 0.2) is 0 Å². The van der Waals surface area contributed by atoms with E-state index in [-0.39, 0.29) is 0 Å². The van der Waals surface area contributed by atoms with E-state index in [4.69, 9.17) is 0 Å². The van der Waals surface area contributed by atoms with Gasteiger partial charge in [0.05, 0.1) is 30.3 Å². The van der Waals surface area contributed by atoms with Crippen molar-refractivity contribution < 1.29 is 0 Å². The van der Waals surface area contributed by atoms with Crippen LogP contribution in [0.25, 0.3) is 0 Å². The molecular weight excluding hydrogens is 228 g/mol. The number of nitrogens with zero attached hydrogens (tertiary/aromatic N) is 5. The Hall–Kier alpha value is -1.82. The fourth-order valence-electron chi connectivity index (χ4n) is 1.56. The second-order valence-electron chi connectivity index (χ2n) is 4.63. The largest absolute Gasteiger partial charge is 0.311 e. The van der Waals surface area contributed by atoms with Crippen LogP contribution in [-0.4, -0.2) is 31.5 Å². The molecule has 0 amide bonds. The monoisotopic (exact) mass is 246 g/mol. The highest BCUT2D eigenvalue weighted by atomic mass is 15.4. The summed E-state index contributed by atoms with van der Waals surface area (Å²) in [6.07, 6.45) is 7.00. The van der Waals surface area contributed by atoms with Crippen LogP contribution in [0.1, 0.15) is 25.2 Å². The fraction of sp³-hybridized carbons (Fsp3) is 0.500. The molecule has 0 aliphatic rings. The maximum absolute atomic E-state index is 4.20. The summed E-state index contributed by atoms with van der Waals surface area (Å²) in [5.74, 6) is 0.639. The van der Waals surface area contributed by atoms with Gasteiger partial charge in [0.25, 0.3) is 0 Å². The minimum absolute atomic E-state index is 0.602. The number of hydrogen-bond acceptors (Lipinski definition) is 5. The lowest BCUT2D eigenvalue weighted by molar-refractivity contribution is 0.548. The second-order valence-corrected chi connectivity index (χ2v) is 4.63. The van der Waals surface area contributed by atoms with Crippen molar-refractivity contribution in [1.82, 2.24) is 30.3 Å². The SMILES string of the molecule is CC(C)CNCc1cn(Cc2cnccn2)nn1. The molecule has 2 aromatic rings. The maximum atomic E-state index is 4.20. The van der Waals surface area contributed by atoms with Crippen LogP contribution in [0, 0.1) is 5.92 Å². The Morgan fingerprint density at radius 2 is 2.17 bits per heavy atom. The van der Waals surface area contributed by atoms with E-state index in [0.717, 1.165) is 24.5 Å². The van der Waals surface area contributed by atoms with E-state index in [1.54, 1.807) is 23.3 Å². The van der Waals surface area contributed by atoms with Gasteiger partial charge in [-0.2, -0.15) is 0 Å². The normalized spacial score (nSPS) is 11.1. The van der Waals surface area contributed by atoms with E-state index in [0.29, 0.717) is 12.5 Å². The first-order valence-electron chi connectivity index (χ1n) is 6.08. The highest BCUT2D eigenvalue weighted by molar-refractivity contribution is 4.98. The minimum Gasteiger partial charge on any atom is -0.311 e. The number of aromatic nitrogens is 5. The minimum atomic E-state index is 0.602. The first-order valence-corrected chi connectivity index (χ1v) is 6.08. The smallest absolute Gasteiger partial charge is 0.0964 e. The Kier molecular flexibility index (Phi) is 4.35. The summed E-state index contributed by atoms with van der Waals surface area (Å²) in [5.41, 5.74) is 1.82. The molecule has 2 aromatic heterocycles. The molecule has 2 rings (SSSR count). The molecule has 0 aliphatic heterocycles. The van der Waals surface area contributed by atoms with Crippen molar-refractivity contribution >= 4 is 0 Å². The molecule has 0 unspecified atom stereocenters. The summed E-state index contributed by atoms with van der Waals surface area (Å²) >= 11 is 0. The molecular formula is C12H18N6. The predicted octanol–water partition coefficient (Wildman–Crippen LogP) is 0.862. The Bertz CT molecular complexity index is 464. The van der Waals surface area contributed by atoms with Gasteiger partial charge in [-0.05, 0) is 12.5 Å². The van der Waals surface area contributed by atoms with Crippen LogP contribution in [0.5, 0.6) is 0 Å². The molecule has 18 heavy (non-hydrogen) atoms. The Balaban J connectivity index is 1.86. The van der Waals surface area contributed by atoms with E-state index in [9.17, 15) is 0 Å². The second kappa shape index (κ2) is 6.20. The van der Waals surface area contributed by atoms with Crippen molar-refractivity contribution in [3.63, 3.8) is 0 Å². The highest BCUT2D eigenvalue weighted by Gasteiger charge is 2.02. The van der Waals surface area contributed by atoms with E-state index < -0.39 is 0 Å². The molecule has 0 atom stereocenters. The van der Waals surface area contributed by atoms with E-state index in [2.05, 4.69) is 39.4 Å². The number of rotatable bonds is 6. The zero-order chi connectivity index (χ0) is 12.8. The van der Waals surface area contributed by atoms with Crippen molar-refractivity contribution in [1.29, 1.82) is 0 Å². The van der Waals surface area contributed by atoms with Crippen LogP contribution >= 0.6 is 0 Å². The summed E-state index contributed by atoms with van der Waals surface area (Å²) in [6, 6.07) is 0. The average molecular weight is 246 g/mol. The van der Waals surface area contributed by atoms with Gasteiger partial charge >= 0.3 is 0 Å². The third kappa shape index (κ3) is 3.89. The molecule has 1 N–H and O–H groups in total. The molecule has 6 heteroatoms. The van der Waals surface area contributed by atoms with Gasteiger partial charge in [-0.3, -0.25) is 9.97 Å². The van der Waals surface area contributed by atoms with Gasteiger partial charge < -0.3 is 5.32 Å². The van der Waals surface area contributed by atoms with Crippen molar-refractivity contribution in [2.24, 2.45) is 5.92 Å². The topological polar surface area (TPSA) is 68.5 Å². The number of nitrogens with one attached hydrogen (secondary N) is 1. The fourth-order valence-corrected chi connectivity index (χ4v) is 1.56. The molecule has 6 nitrogen and oxygen atoms in total. The van der Waals surface area contributed by atoms with Gasteiger partial charge in [0.2, 0.25) is 0 Å². The van der Waals surface area contributed by atoms with Crippen molar-refractivity contribution in [3.05, 3.63) is 36.2 Å². The molecule has 0 spiro atoms. The van der Waals surface area contributed by atoms with Crippen LogP contribution in [0.3, 0.4) is 0 Å². The van der Waals surface area contributed by atoms with Crippen LogP contribution < -0.4 is 5.32 Å². The van der Waals surface area contributed by atoms with Crippen molar-refractivity contribution in [2.45, 2.75) is 26.9 Å². The van der Waals surface area contributed by atoms with Crippen LogP contribution in [0.4, 0.5) is 0 Å². The molecule has 96 valence electrons. The summed E-state index contributed by atoms with van der Waals surface area (Å²) in [5, 5.41) is 11.5. The van der Waals surface area contributed by atoms with Crippen LogP contribution in [-0.2, 0) is 13.1 Å². The third-order valence-electron chi connectivity index (χ3n) is 2.39. The summed E-state index contributed by atoms with van der Waals surface area (Å²) < 4.78 is 1.77. The highest BCUT2D eigenvalue weighted by Crippen LogP contribution is 1.98. The van der Waals surface area contributed by atoms with E-state index in [1.807, 2.05) is 6.20 Å². The molecule has 0 saturated carbocycles. The lowest BCUT2D eigenvalue weighted by Gasteiger charge is -2.04. The van der Waals surface area contributed by atoms with Gasteiger partial charge in [0, 0.05) is 18.9 Å². The van der Waals surface area contributed by atoms with E-state index in [1.165, 1.54) is 0 Å². The Labute approximate surface area is 106 Å². The molecule has 0 aromatic carbocycles. The molecule has 0 aliphatic carbocycles. The van der Waals surface area contributed by atoms with Gasteiger partial charge in [-0.1, -0.05) is 19.1 Å². The zero-order valence-corrected chi connectivity index (χ0v) is 10.7. The Morgan fingerprint density at radius 3 is 2.89 bits per heavy atom. The van der Waals surface area contributed by atoms with Gasteiger partial charge in [-0.25, -0.2) is 4.68 Å². The summed E-state index contributed by atoms with van der Waals surface area (Å²) in [4.78, 5) is 8.22. The summed E-state index contributed by atoms with van der Waals surface area (Å²) in [7, 11) is 0. The zero-order valence-electron chi connectivity index (χ0n) is 10.7. The van der Waals surface area contributed by atoms with E-state index >= 15 is 0 Å². The predicted molar refractivity (Wildman–Crippen MR) is 67.7 cm³/mol. The van der Waals surface area contributed by atoms with Gasteiger partial charge in [0.1, 0.15) is 0 Å². The number of hydrogen-bond donors (Lipinski definition) is 1. The quantitative estimate of drug-likeness (QED) is 0.818. The molecule has 0 radical (unpaired) electrons. The Morgan fingerprint density at radius 1 is 1.28 bits per heavy atom.